The van der Waals surface area contributed by atoms with Crippen molar-refractivity contribution in [2.45, 2.75) is 37.8 Å². The molecule has 0 aliphatic carbocycles. The Kier molecular flexibility index (Phi) is 4.81. The molecule has 0 aromatic heterocycles. The number of aliphatic hydroxyl groups excluding tert-OH is 1. The summed E-state index contributed by atoms with van der Waals surface area (Å²) in [5, 5.41) is 24.9. The minimum absolute atomic E-state index is 0.196. The van der Waals surface area contributed by atoms with Crippen LogP contribution in [0.15, 0.2) is 0 Å². The monoisotopic (exact) mass is 202 g/mol. The summed E-state index contributed by atoms with van der Waals surface area (Å²) in [6.45, 7) is 3.85. The van der Waals surface area contributed by atoms with Crippen LogP contribution in [-0.4, -0.2) is 48.1 Å². The van der Waals surface area contributed by atoms with E-state index >= 15 is 0 Å². The zero-order chi connectivity index (χ0) is 10.4. The molecule has 0 spiro atoms. The second-order valence-corrected chi connectivity index (χ2v) is 4.43. The molecule has 4 heteroatoms. The lowest BCUT2D eigenvalue weighted by molar-refractivity contribution is 0.00241. The fourth-order valence-corrected chi connectivity index (χ4v) is 1.67. The Morgan fingerprint density at radius 1 is 1.50 bits per heavy atom. The molecule has 1 fully saturated rings. The third-order valence-corrected chi connectivity index (χ3v) is 2.65. The van der Waals surface area contributed by atoms with E-state index in [-0.39, 0.29) is 6.61 Å². The normalized spacial score (nSPS) is 27.2. The Balaban J connectivity index is 2.08. The van der Waals surface area contributed by atoms with Crippen molar-refractivity contribution >= 4 is 0 Å². The van der Waals surface area contributed by atoms with E-state index in [0.717, 1.165) is 13.1 Å². The SMILES string of the molecule is CC(O)(CO)CNCC1CCCCN1. The molecular weight excluding hydrogens is 180 g/mol. The summed E-state index contributed by atoms with van der Waals surface area (Å²) in [7, 11) is 0. The molecule has 4 nitrogen and oxygen atoms in total. The van der Waals surface area contributed by atoms with Gasteiger partial charge in [0.15, 0.2) is 0 Å². The van der Waals surface area contributed by atoms with Crippen molar-refractivity contribution < 1.29 is 10.2 Å². The van der Waals surface area contributed by atoms with E-state index in [2.05, 4.69) is 10.6 Å². The molecule has 0 aromatic rings. The molecule has 0 bridgehead atoms. The maximum absolute atomic E-state index is 9.52. The van der Waals surface area contributed by atoms with Gasteiger partial charge >= 0.3 is 0 Å². The first kappa shape index (κ1) is 11.9. The van der Waals surface area contributed by atoms with Gasteiger partial charge in [0.2, 0.25) is 0 Å². The summed E-state index contributed by atoms with van der Waals surface area (Å²) in [5.41, 5.74) is -0.991. The number of rotatable bonds is 5. The zero-order valence-electron chi connectivity index (χ0n) is 8.92. The van der Waals surface area contributed by atoms with E-state index in [9.17, 15) is 5.11 Å². The smallest absolute Gasteiger partial charge is 0.0972 e. The molecule has 0 saturated carbocycles. The largest absolute Gasteiger partial charge is 0.393 e. The topological polar surface area (TPSA) is 64.5 Å². The quantitative estimate of drug-likeness (QED) is 0.483. The molecule has 1 aliphatic rings. The average molecular weight is 202 g/mol. The Labute approximate surface area is 85.7 Å². The van der Waals surface area contributed by atoms with Crippen molar-refractivity contribution in [2.75, 3.05) is 26.2 Å². The maximum Gasteiger partial charge on any atom is 0.0972 e. The summed E-state index contributed by atoms with van der Waals surface area (Å²) in [4.78, 5) is 0. The Bertz CT molecular complexity index is 156. The van der Waals surface area contributed by atoms with Gasteiger partial charge in [-0.3, -0.25) is 0 Å². The molecule has 4 N–H and O–H groups in total. The van der Waals surface area contributed by atoms with Gasteiger partial charge < -0.3 is 20.8 Å². The van der Waals surface area contributed by atoms with Crippen LogP contribution in [0.2, 0.25) is 0 Å². The van der Waals surface area contributed by atoms with Gasteiger partial charge in [0, 0.05) is 19.1 Å². The molecule has 0 aromatic carbocycles. The summed E-state index contributed by atoms with van der Waals surface area (Å²) in [6.07, 6.45) is 3.76. The highest BCUT2D eigenvalue weighted by Gasteiger charge is 2.19. The average Bonchev–Trinajstić information content (AvgIpc) is 2.19. The van der Waals surface area contributed by atoms with Gasteiger partial charge in [-0.25, -0.2) is 0 Å². The van der Waals surface area contributed by atoms with Gasteiger partial charge in [0.05, 0.1) is 12.2 Å². The van der Waals surface area contributed by atoms with Crippen molar-refractivity contribution in [3.05, 3.63) is 0 Å². The predicted molar refractivity (Wildman–Crippen MR) is 56.2 cm³/mol. The van der Waals surface area contributed by atoms with Gasteiger partial charge in [0.1, 0.15) is 0 Å². The minimum Gasteiger partial charge on any atom is -0.393 e. The van der Waals surface area contributed by atoms with Crippen molar-refractivity contribution in [2.24, 2.45) is 0 Å². The van der Waals surface area contributed by atoms with Gasteiger partial charge in [-0.05, 0) is 26.3 Å². The first-order chi connectivity index (χ1) is 6.64. The van der Waals surface area contributed by atoms with Crippen LogP contribution in [0.25, 0.3) is 0 Å². The van der Waals surface area contributed by atoms with E-state index in [1.54, 1.807) is 6.92 Å². The van der Waals surface area contributed by atoms with E-state index in [1.807, 2.05) is 0 Å². The third kappa shape index (κ3) is 4.37. The molecule has 1 heterocycles. The van der Waals surface area contributed by atoms with Crippen LogP contribution < -0.4 is 10.6 Å². The van der Waals surface area contributed by atoms with Gasteiger partial charge in [-0.1, -0.05) is 6.42 Å². The highest BCUT2D eigenvalue weighted by molar-refractivity contribution is 4.78. The minimum atomic E-state index is -0.991. The first-order valence-electron chi connectivity index (χ1n) is 5.41. The van der Waals surface area contributed by atoms with Crippen LogP contribution in [-0.2, 0) is 0 Å². The molecule has 2 unspecified atom stereocenters. The summed E-state index contributed by atoms with van der Waals surface area (Å²) >= 11 is 0. The molecule has 14 heavy (non-hydrogen) atoms. The Morgan fingerprint density at radius 3 is 2.86 bits per heavy atom. The third-order valence-electron chi connectivity index (χ3n) is 2.65. The Morgan fingerprint density at radius 2 is 2.29 bits per heavy atom. The zero-order valence-corrected chi connectivity index (χ0v) is 8.92. The van der Waals surface area contributed by atoms with E-state index in [1.165, 1.54) is 19.3 Å². The van der Waals surface area contributed by atoms with Crippen LogP contribution >= 0.6 is 0 Å². The van der Waals surface area contributed by atoms with Crippen molar-refractivity contribution in [3.8, 4) is 0 Å². The van der Waals surface area contributed by atoms with Crippen molar-refractivity contribution in [3.63, 3.8) is 0 Å². The van der Waals surface area contributed by atoms with Gasteiger partial charge in [-0.2, -0.15) is 0 Å². The van der Waals surface area contributed by atoms with E-state index in [4.69, 9.17) is 5.11 Å². The maximum atomic E-state index is 9.52. The fourth-order valence-electron chi connectivity index (χ4n) is 1.67. The lowest BCUT2D eigenvalue weighted by Crippen LogP contribution is -2.47. The molecule has 0 radical (unpaired) electrons. The van der Waals surface area contributed by atoms with Crippen LogP contribution in [0.4, 0.5) is 0 Å². The van der Waals surface area contributed by atoms with Crippen molar-refractivity contribution in [1.29, 1.82) is 0 Å². The second-order valence-electron chi connectivity index (χ2n) is 4.43. The molecular formula is C10H22N2O2. The molecule has 0 amide bonds. The van der Waals surface area contributed by atoms with Crippen LogP contribution in [0.3, 0.4) is 0 Å². The van der Waals surface area contributed by atoms with Crippen LogP contribution in [0, 0.1) is 0 Å². The van der Waals surface area contributed by atoms with Gasteiger partial charge in [-0.15, -0.1) is 0 Å². The highest BCUT2D eigenvalue weighted by Crippen LogP contribution is 2.06. The van der Waals surface area contributed by atoms with Gasteiger partial charge in [0.25, 0.3) is 0 Å². The summed E-state index contributed by atoms with van der Waals surface area (Å²) < 4.78 is 0. The standard InChI is InChI=1S/C10H22N2O2/c1-10(14,8-13)7-11-6-9-4-2-3-5-12-9/h9,11-14H,2-8H2,1H3. The van der Waals surface area contributed by atoms with E-state index < -0.39 is 5.60 Å². The summed E-state index contributed by atoms with van der Waals surface area (Å²) in [5.74, 6) is 0. The number of hydrogen-bond acceptors (Lipinski definition) is 4. The molecule has 84 valence electrons. The molecule has 1 aliphatic heterocycles. The lowest BCUT2D eigenvalue weighted by Gasteiger charge is -2.26. The lowest BCUT2D eigenvalue weighted by atomic mass is 10.0. The first-order valence-corrected chi connectivity index (χ1v) is 5.41. The predicted octanol–water partition coefficient (Wildman–Crippen LogP) is -0.539. The number of aliphatic hydroxyl groups is 2. The number of hydrogen-bond donors (Lipinski definition) is 4. The Hall–Kier alpha value is -0.160. The van der Waals surface area contributed by atoms with Crippen LogP contribution in [0.1, 0.15) is 26.2 Å². The van der Waals surface area contributed by atoms with Crippen molar-refractivity contribution in [1.82, 2.24) is 10.6 Å². The number of piperidine rings is 1. The number of nitrogens with one attached hydrogen (secondary N) is 2. The van der Waals surface area contributed by atoms with E-state index in [0.29, 0.717) is 12.6 Å². The highest BCUT2D eigenvalue weighted by atomic mass is 16.3. The molecule has 1 rings (SSSR count). The molecule has 1 saturated heterocycles. The van der Waals surface area contributed by atoms with Crippen LogP contribution in [0.5, 0.6) is 0 Å². The fraction of sp³-hybridized carbons (Fsp3) is 1.00. The summed E-state index contributed by atoms with van der Waals surface area (Å²) in [6, 6.07) is 0.526. The molecule has 2 atom stereocenters. The second kappa shape index (κ2) is 5.66.